The Bertz CT molecular complexity index is 970. The van der Waals surface area contributed by atoms with Crippen LogP contribution in [0, 0.1) is 5.92 Å². The molecular formula is C31H45N3O3. The van der Waals surface area contributed by atoms with Crippen LogP contribution in [0.1, 0.15) is 76.7 Å². The number of hydrogen-bond acceptors (Lipinski definition) is 3. The minimum atomic E-state index is -0.796. The maximum atomic E-state index is 12.6. The molecule has 0 bridgehead atoms. The summed E-state index contributed by atoms with van der Waals surface area (Å²) >= 11 is 0. The first-order valence-electron chi connectivity index (χ1n) is 14.1. The zero-order valence-electron chi connectivity index (χ0n) is 22.7. The Morgan fingerprint density at radius 3 is 2.41 bits per heavy atom. The lowest BCUT2D eigenvalue weighted by Crippen LogP contribution is -2.41. The molecule has 2 aromatic carbocycles. The van der Waals surface area contributed by atoms with Crippen molar-refractivity contribution in [1.29, 1.82) is 0 Å². The van der Waals surface area contributed by atoms with Crippen molar-refractivity contribution in [1.82, 2.24) is 10.6 Å². The maximum absolute atomic E-state index is 12.6. The Morgan fingerprint density at radius 1 is 0.973 bits per heavy atom. The number of hydrogen-bond donors (Lipinski definition) is 3. The van der Waals surface area contributed by atoms with Crippen molar-refractivity contribution >= 4 is 17.7 Å². The van der Waals surface area contributed by atoms with E-state index in [-0.39, 0.29) is 6.03 Å². The largest absolute Gasteiger partial charge is 0.480 e. The number of carboxylic acid groups (broad SMARTS) is 1. The van der Waals surface area contributed by atoms with Crippen LogP contribution in [0.2, 0.25) is 0 Å². The van der Waals surface area contributed by atoms with Gasteiger partial charge in [0, 0.05) is 19.3 Å². The SMILES string of the molecule is CCCCCCCNC(=O)N(C)c1cccc(-c2ccc(C[C@H](NCC3CCCCC3)C(=O)O)cc2)c1. The zero-order valence-corrected chi connectivity index (χ0v) is 22.7. The second kappa shape index (κ2) is 15.4. The molecule has 0 aliphatic heterocycles. The molecule has 1 atom stereocenters. The lowest BCUT2D eigenvalue weighted by Gasteiger charge is -2.24. The van der Waals surface area contributed by atoms with E-state index in [0.29, 0.717) is 18.9 Å². The molecule has 0 aromatic heterocycles. The number of carbonyl (C=O) groups excluding carboxylic acids is 1. The number of rotatable bonds is 14. The van der Waals surface area contributed by atoms with Gasteiger partial charge >= 0.3 is 12.0 Å². The number of nitrogens with zero attached hydrogens (tertiary/aromatic N) is 1. The number of amides is 2. The van der Waals surface area contributed by atoms with E-state index in [9.17, 15) is 14.7 Å². The third kappa shape index (κ3) is 9.51. The van der Waals surface area contributed by atoms with Crippen LogP contribution >= 0.6 is 0 Å². The summed E-state index contributed by atoms with van der Waals surface area (Å²) in [5.41, 5.74) is 3.90. The van der Waals surface area contributed by atoms with Gasteiger partial charge in [0.1, 0.15) is 6.04 Å². The summed E-state index contributed by atoms with van der Waals surface area (Å²) in [4.78, 5) is 26.1. The van der Waals surface area contributed by atoms with E-state index in [2.05, 4.69) is 17.6 Å². The highest BCUT2D eigenvalue weighted by molar-refractivity contribution is 5.92. The van der Waals surface area contributed by atoms with E-state index in [1.54, 1.807) is 11.9 Å². The van der Waals surface area contributed by atoms with Gasteiger partial charge in [-0.05, 0) is 67.0 Å². The van der Waals surface area contributed by atoms with Gasteiger partial charge in [-0.25, -0.2) is 4.79 Å². The maximum Gasteiger partial charge on any atom is 0.321 e. The summed E-state index contributed by atoms with van der Waals surface area (Å²) in [5, 5.41) is 16.0. The van der Waals surface area contributed by atoms with Crippen LogP contribution in [-0.2, 0) is 11.2 Å². The quantitative estimate of drug-likeness (QED) is 0.251. The van der Waals surface area contributed by atoms with Gasteiger partial charge in [-0.2, -0.15) is 0 Å². The molecule has 3 N–H and O–H groups in total. The second-order valence-electron chi connectivity index (χ2n) is 10.5. The third-order valence-electron chi connectivity index (χ3n) is 7.50. The van der Waals surface area contributed by atoms with Crippen LogP contribution in [0.25, 0.3) is 11.1 Å². The smallest absolute Gasteiger partial charge is 0.321 e. The molecule has 37 heavy (non-hydrogen) atoms. The van der Waals surface area contributed by atoms with Crippen molar-refractivity contribution in [2.75, 3.05) is 25.0 Å². The minimum absolute atomic E-state index is 0.0940. The monoisotopic (exact) mass is 507 g/mol. The molecular weight excluding hydrogens is 462 g/mol. The highest BCUT2D eigenvalue weighted by Crippen LogP contribution is 2.26. The van der Waals surface area contributed by atoms with Crippen LogP contribution in [0.4, 0.5) is 10.5 Å². The average Bonchev–Trinajstić information content (AvgIpc) is 2.93. The fourth-order valence-electron chi connectivity index (χ4n) is 5.07. The Balaban J connectivity index is 1.54. The van der Waals surface area contributed by atoms with Crippen molar-refractivity contribution in [2.24, 2.45) is 5.92 Å². The number of anilines is 1. The predicted molar refractivity (Wildman–Crippen MR) is 152 cm³/mol. The summed E-state index contributed by atoms with van der Waals surface area (Å²) in [7, 11) is 1.79. The summed E-state index contributed by atoms with van der Waals surface area (Å²) in [6.07, 6.45) is 12.5. The van der Waals surface area contributed by atoms with Gasteiger partial charge in [-0.15, -0.1) is 0 Å². The van der Waals surface area contributed by atoms with Crippen molar-refractivity contribution in [2.45, 2.75) is 83.6 Å². The molecule has 2 aromatic rings. The highest BCUT2D eigenvalue weighted by Gasteiger charge is 2.21. The van der Waals surface area contributed by atoms with Crippen LogP contribution in [0.3, 0.4) is 0 Å². The van der Waals surface area contributed by atoms with Gasteiger partial charge in [0.15, 0.2) is 0 Å². The first-order chi connectivity index (χ1) is 18.0. The Kier molecular flexibility index (Phi) is 12.0. The Labute approximate surface area is 222 Å². The first-order valence-corrected chi connectivity index (χ1v) is 14.1. The lowest BCUT2D eigenvalue weighted by molar-refractivity contribution is -0.139. The molecule has 1 fully saturated rings. The van der Waals surface area contributed by atoms with Crippen LogP contribution in [-0.4, -0.2) is 43.3 Å². The fourth-order valence-corrected chi connectivity index (χ4v) is 5.07. The molecule has 1 aliphatic carbocycles. The molecule has 0 unspecified atom stereocenters. The number of benzene rings is 2. The summed E-state index contributed by atoms with van der Waals surface area (Å²) in [5.74, 6) is -0.203. The van der Waals surface area contributed by atoms with Crippen molar-refractivity contribution < 1.29 is 14.7 Å². The van der Waals surface area contributed by atoms with Gasteiger partial charge < -0.3 is 15.7 Å². The van der Waals surface area contributed by atoms with E-state index in [0.717, 1.165) is 41.8 Å². The van der Waals surface area contributed by atoms with Gasteiger partial charge in [0.2, 0.25) is 0 Å². The molecule has 202 valence electrons. The molecule has 0 saturated heterocycles. The number of urea groups is 1. The number of nitrogens with one attached hydrogen (secondary N) is 2. The molecule has 0 radical (unpaired) electrons. The van der Waals surface area contributed by atoms with E-state index in [1.165, 1.54) is 51.4 Å². The number of unbranched alkanes of at least 4 members (excludes halogenated alkanes) is 4. The van der Waals surface area contributed by atoms with Gasteiger partial charge in [-0.3, -0.25) is 9.69 Å². The minimum Gasteiger partial charge on any atom is -0.480 e. The topological polar surface area (TPSA) is 81.7 Å². The molecule has 6 nitrogen and oxygen atoms in total. The molecule has 3 rings (SSSR count). The number of carbonyl (C=O) groups is 2. The van der Waals surface area contributed by atoms with Crippen LogP contribution in [0.15, 0.2) is 48.5 Å². The predicted octanol–water partition coefficient (Wildman–Crippen LogP) is 6.64. The van der Waals surface area contributed by atoms with Crippen molar-refractivity contribution in [3.8, 4) is 11.1 Å². The van der Waals surface area contributed by atoms with Crippen molar-refractivity contribution in [3.05, 3.63) is 54.1 Å². The van der Waals surface area contributed by atoms with E-state index < -0.39 is 12.0 Å². The normalized spacial score (nSPS) is 14.8. The summed E-state index contributed by atoms with van der Waals surface area (Å²) < 4.78 is 0. The van der Waals surface area contributed by atoms with E-state index >= 15 is 0 Å². The second-order valence-corrected chi connectivity index (χ2v) is 10.5. The zero-order chi connectivity index (χ0) is 26.5. The van der Waals surface area contributed by atoms with Crippen molar-refractivity contribution in [3.63, 3.8) is 0 Å². The standard InChI is InChI=1S/C31H45N3O3/c1-3-4-5-6-10-20-32-31(37)34(2)28-15-11-14-27(22-28)26-18-16-24(17-19-26)21-29(30(35)36)33-23-25-12-8-7-9-13-25/h11,14-19,22,25,29,33H,3-10,12-13,20-21,23H2,1-2H3,(H,32,37)(H,35,36)/t29-/m0/s1. The van der Waals surface area contributed by atoms with Crippen LogP contribution in [0.5, 0.6) is 0 Å². The molecule has 1 aliphatic rings. The molecule has 0 heterocycles. The Hall–Kier alpha value is -2.86. The molecule has 0 spiro atoms. The molecule has 6 heteroatoms. The van der Waals surface area contributed by atoms with E-state index in [4.69, 9.17) is 0 Å². The third-order valence-corrected chi connectivity index (χ3v) is 7.50. The first kappa shape index (κ1) is 28.7. The number of carboxylic acids is 1. The number of aliphatic carboxylic acids is 1. The van der Waals surface area contributed by atoms with Gasteiger partial charge in [-0.1, -0.05) is 88.3 Å². The van der Waals surface area contributed by atoms with E-state index in [1.807, 2.05) is 48.5 Å². The fraction of sp³-hybridized carbons (Fsp3) is 0.548. The average molecular weight is 508 g/mol. The van der Waals surface area contributed by atoms with Gasteiger partial charge in [0.05, 0.1) is 0 Å². The molecule has 1 saturated carbocycles. The Morgan fingerprint density at radius 2 is 1.70 bits per heavy atom. The highest BCUT2D eigenvalue weighted by atomic mass is 16.4. The molecule has 2 amide bonds. The van der Waals surface area contributed by atoms with Crippen LogP contribution < -0.4 is 15.5 Å². The van der Waals surface area contributed by atoms with Gasteiger partial charge in [0.25, 0.3) is 0 Å². The lowest BCUT2D eigenvalue weighted by atomic mass is 9.89. The summed E-state index contributed by atoms with van der Waals surface area (Å²) in [6, 6.07) is 15.4. The summed E-state index contributed by atoms with van der Waals surface area (Å²) in [6.45, 7) is 3.67.